The average Bonchev–Trinajstić information content (AvgIpc) is 2.32. The van der Waals surface area contributed by atoms with Gasteiger partial charge in [-0.05, 0) is 34.1 Å². The molecule has 94 valence electrons. The van der Waals surface area contributed by atoms with Crippen molar-refractivity contribution >= 4 is 21.6 Å². The minimum Gasteiger partial charge on any atom is -0.398 e. The Bertz CT molecular complexity index is 565. The van der Waals surface area contributed by atoms with Gasteiger partial charge in [-0.2, -0.15) is 13.2 Å². The highest BCUT2D eigenvalue weighted by Crippen LogP contribution is 2.33. The molecule has 0 spiro atoms. The lowest BCUT2D eigenvalue weighted by atomic mass is 10.1. The first-order valence-corrected chi connectivity index (χ1v) is 5.76. The third-order valence-corrected chi connectivity index (χ3v) is 3.24. The molecule has 6 heteroatoms. The van der Waals surface area contributed by atoms with Crippen LogP contribution in [0.1, 0.15) is 5.56 Å². The topological polar surface area (TPSA) is 38.9 Å². The molecule has 0 saturated carbocycles. The first-order chi connectivity index (χ1) is 8.39. The van der Waals surface area contributed by atoms with Gasteiger partial charge in [0.1, 0.15) is 0 Å². The van der Waals surface area contributed by atoms with Gasteiger partial charge in [-0.1, -0.05) is 12.1 Å². The number of nitrogens with two attached hydrogens (primary N) is 1. The van der Waals surface area contributed by atoms with Crippen LogP contribution in [0, 0.1) is 0 Å². The van der Waals surface area contributed by atoms with E-state index in [1.54, 1.807) is 6.07 Å². The first-order valence-electron chi connectivity index (χ1n) is 4.97. The lowest BCUT2D eigenvalue weighted by molar-refractivity contribution is -0.137. The van der Waals surface area contributed by atoms with Crippen LogP contribution >= 0.6 is 15.9 Å². The first kappa shape index (κ1) is 12.9. The summed E-state index contributed by atoms with van der Waals surface area (Å²) in [5.74, 6) is 0. The summed E-state index contributed by atoms with van der Waals surface area (Å²) in [6.45, 7) is 0. The van der Waals surface area contributed by atoms with E-state index < -0.39 is 11.7 Å². The second kappa shape index (κ2) is 4.61. The molecule has 2 nitrogen and oxygen atoms in total. The Morgan fingerprint density at radius 2 is 1.67 bits per heavy atom. The van der Waals surface area contributed by atoms with E-state index in [4.69, 9.17) is 5.73 Å². The van der Waals surface area contributed by atoms with E-state index in [-0.39, 0.29) is 0 Å². The highest BCUT2D eigenvalue weighted by Gasteiger charge is 2.30. The van der Waals surface area contributed by atoms with Gasteiger partial charge in [-0.3, -0.25) is 4.98 Å². The molecular weight excluding hydrogens is 309 g/mol. The summed E-state index contributed by atoms with van der Waals surface area (Å²) in [5.41, 5.74) is 6.58. The smallest absolute Gasteiger partial charge is 0.398 e. The lowest BCUT2D eigenvalue weighted by Gasteiger charge is -2.09. The fourth-order valence-corrected chi connectivity index (χ4v) is 1.94. The van der Waals surface area contributed by atoms with Crippen molar-refractivity contribution in [1.82, 2.24) is 4.98 Å². The highest BCUT2D eigenvalue weighted by molar-refractivity contribution is 9.10. The van der Waals surface area contributed by atoms with Crippen molar-refractivity contribution < 1.29 is 13.2 Å². The van der Waals surface area contributed by atoms with E-state index in [1.165, 1.54) is 18.3 Å². The zero-order valence-electron chi connectivity index (χ0n) is 9.00. The van der Waals surface area contributed by atoms with E-state index in [9.17, 15) is 13.2 Å². The summed E-state index contributed by atoms with van der Waals surface area (Å²) in [5, 5.41) is 0. The number of alkyl halides is 3. The van der Waals surface area contributed by atoms with Crippen LogP contribution in [0.2, 0.25) is 0 Å². The molecule has 0 unspecified atom stereocenters. The molecule has 1 heterocycles. The molecule has 0 atom stereocenters. The Labute approximate surface area is 110 Å². The van der Waals surface area contributed by atoms with Crippen LogP contribution in [-0.4, -0.2) is 4.98 Å². The van der Waals surface area contributed by atoms with Crippen molar-refractivity contribution in [2.75, 3.05) is 5.73 Å². The lowest BCUT2D eigenvalue weighted by Crippen LogP contribution is -2.04. The number of pyridine rings is 1. The number of nitrogen functional groups attached to an aromatic ring is 1. The third kappa shape index (κ3) is 2.48. The van der Waals surface area contributed by atoms with Crippen LogP contribution in [0.15, 0.2) is 41.0 Å². The van der Waals surface area contributed by atoms with E-state index in [0.717, 1.165) is 12.1 Å². The minimum atomic E-state index is -4.33. The standard InChI is InChI=1S/C12H8BrF3N2/c13-10-9(17)5-6-18-11(10)7-1-3-8(4-2-7)12(14,15)16/h1-6H,(H2,17,18). The molecule has 0 aliphatic carbocycles. The van der Waals surface area contributed by atoms with Gasteiger partial charge in [-0.25, -0.2) is 0 Å². The minimum absolute atomic E-state index is 0.486. The quantitative estimate of drug-likeness (QED) is 0.859. The van der Waals surface area contributed by atoms with Gasteiger partial charge in [0.25, 0.3) is 0 Å². The molecule has 0 aliphatic heterocycles. The number of hydrogen-bond donors (Lipinski definition) is 1. The summed E-state index contributed by atoms with van der Waals surface area (Å²) >= 11 is 3.27. The van der Waals surface area contributed by atoms with Crippen molar-refractivity contribution in [3.05, 3.63) is 46.6 Å². The number of hydrogen-bond acceptors (Lipinski definition) is 2. The molecule has 0 aliphatic rings. The Morgan fingerprint density at radius 3 is 2.22 bits per heavy atom. The third-order valence-electron chi connectivity index (χ3n) is 2.40. The van der Waals surface area contributed by atoms with Crippen LogP contribution in [0.25, 0.3) is 11.3 Å². The zero-order chi connectivity index (χ0) is 13.3. The molecule has 0 fully saturated rings. The molecule has 0 bridgehead atoms. The average molecular weight is 317 g/mol. The Balaban J connectivity index is 2.44. The molecule has 2 rings (SSSR count). The Hall–Kier alpha value is -1.56. The maximum atomic E-state index is 12.4. The summed E-state index contributed by atoms with van der Waals surface area (Å²) in [6.07, 6.45) is -2.83. The predicted molar refractivity (Wildman–Crippen MR) is 66.8 cm³/mol. The van der Waals surface area contributed by atoms with E-state index in [1.807, 2.05) is 0 Å². The number of rotatable bonds is 1. The SMILES string of the molecule is Nc1ccnc(-c2ccc(C(F)(F)F)cc2)c1Br. The molecule has 0 amide bonds. The van der Waals surface area contributed by atoms with Gasteiger partial charge >= 0.3 is 6.18 Å². The molecule has 0 radical (unpaired) electrons. The van der Waals surface area contributed by atoms with Gasteiger partial charge in [0.15, 0.2) is 0 Å². The van der Waals surface area contributed by atoms with Crippen LogP contribution < -0.4 is 5.73 Å². The summed E-state index contributed by atoms with van der Waals surface area (Å²) in [7, 11) is 0. The van der Waals surface area contributed by atoms with Crippen molar-refractivity contribution in [1.29, 1.82) is 0 Å². The van der Waals surface area contributed by atoms with E-state index >= 15 is 0 Å². The fraction of sp³-hybridized carbons (Fsp3) is 0.0833. The Kier molecular flexibility index (Phi) is 3.30. The van der Waals surface area contributed by atoms with E-state index in [2.05, 4.69) is 20.9 Å². The van der Waals surface area contributed by atoms with Crippen LogP contribution in [-0.2, 0) is 6.18 Å². The number of benzene rings is 1. The maximum absolute atomic E-state index is 12.4. The van der Waals surface area contributed by atoms with Crippen molar-refractivity contribution in [2.45, 2.75) is 6.18 Å². The second-order valence-corrected chi connectivity index (χ2v) is 4.43. The van der Waals surface area contributed by atoms with Crippen LogP contribution in [0.3, 0.4) is 0 Å². The molecule has 18 heavy (non-hydrogen) atoms. The Morgan fingerprint density at radius 1 is 1.06 bits per heavy atom. The normalized spacial score (nSPS) is 11.6. The van der Waals surface area contributed by atoms with Crippen LogP contribution in [0.5, 0.6) is 0 Å². The molecular formula is C12H8BrF3N2. The van der Waals surface area contributed by atoms with Gasteiger partial charge in [0.2, 0.25) is 0 Å². The number of anilines is 1. The van der Waals surface area contributed by atoms with Crippen molar-refractivity contribution in [2.24, 2.45) is 0 Å². The zero-order valence-corrected chi connectivity index (χ0v) is 10.6. The molecule has 0 saturated heterocycles. The van der Waals surface area contributed by atoms with E-state index in [0.29, 0.717) is 21.4 Å². The van der Waals surface area contributed by atoms with Crippen molar-refractivity contribution in [3.63, 3.8) is 0 Å². The van der Waals surface area contributed by atoms with Gasteiger partial charge < -0.3 is 5.73 Å². The number of nitrogens with zero attached hydrogens (tertiary/aromatic N) is 1. The van der Waals surface area contributed by atoms with Crippen LogP contribution in [0.4, 0.5) is 18.9 Å². The molecule has 2 N–H and O–H groups in total. The fourth-order valence-electron chi connectivity index (χ4n) is 1.48. The summed E-state index contributed by atoms with van der Waals surface area (Å²) < 4.78 is 37.8. The largest absolute Gasteiger partial charge is 0.416 e. The highest BCUT2D eigenvalue weighted by atomic mass is 79.9. The summed E-state index contributed by atoms with van der Waals surface area (Å²) in [6, 6.07) is 6.39. The molecule has 1 aromatic carbocycles. The van der Waals surface area contributed by atoms with Gasteiger partial charge in [-0.15, -0.1) is 0 Å². The number of halogens is 4. The van der Waals surface area contributed by atoms with Gasteiger partial charge in [0.05, 0.1) is 15.7 Å². The number of aromatic nitrogens is 1. The summed E-state index contributed by atoms with van der Waals surface area (Å²) in [4.78, 5) is 4.09. The van der Waals surface area contributed by atoms with Gasteiger partial charge in [0, 0.05) is 17.4 Å². The molecule has 1 aromatic heterocycles. The predicted octanol–water partition coefficient (Wildman–Crippen LogP) is 4.11. The van der Waals surface area contributed by atoms with Crippen molar-refractivity contribution in [3.8, 4) is 11.3 Å². The monoisotopic (exact) mass is 316 g/mol. The maximum Gasteiger partial charge on any atom is 0.416 e. The molecule has 2 aromatic rings. The second-order valence-electron chi connectivity index (χ2n) is 3.64.